The molecule has 98 valence electrons. The number of methoxy groups -OCH3 is 1. The van der Waals surface area contributed by atoms with Crippen LogP contribution in [0.25, 0.3) is 11.0 Å². The lowest BCUT2D eigenvalue weighted by atomic mass is 10.2. The number of H-pyrrole nitrogens is 1. The van der Waals surface area contributed by atoms with Crippen molar-refractivity contribution in [2.45, 2.75) is 0 Å². The fraction of sp³-hybridized carbons (Fsp3) is 0.100. The molecule has 8 nitrogen and oxygen atoms in total. The highest BCUT2D eigenvalue weighted by Crippen LogP contribution is 2.27. The molecule has 0 fully saturated rings. The first-order valence-electron chi connectivity index (χ1n) is 4.90. The van der Waals surface area contributed by atoms with E-state index < -0.39 is 22.1 Å². The van der Waals surface area contributed by atoms with Crippen molar-refractivity contribution in [2.24, 2.45) is 0 Å². The Morgan fingerprint density at radius 2 is 2.21 bits per heavy atom. The zero-order chi connectivity index (χ0) is 14.2. The first kappa shape index (κ1) is 13.0. The average Bonchev–Trinajstić information content (AvgIpc) is 2.36. The van der Waals surface area contributed by atoms with Crippen LogP contribution in [0.4, 0.5) is 5.69 Å². The number of rotatable bonds is 2. The smallest absolute Gasteiger partial charge is 0.362 e. The Labute approximate surface area is 110 Å². The van der Waals surface area contributed by atoms with Crippen LogP contribution in [0, 0.1) is 10.1 Å². The molecule has 0 aliphatic carbocycles. The molecule has 1 N–H and O–H groups in total. The third kappa shape index (κ3) is 2.25. The van der Waals surface area contributed by atoms with Gasteiger partial charge in [-0.25, -0.2) is 9.78 Å². The van der Waals surface area contributed by atoms with Gasteiger partial charge < -0.3 is 9.72 Å². The second-order valence-electron chi connectivity index (χ2n) is 3.48. The third-order valence-corrected chi connectivity index (χ3v) is 2.64. The van der Waals surface area contributed by atoms with E-state index in [0.717, 1.165) is 13.2 Å². The molecule has 1 aromatic heterocycles. The summed E-state index contributed by atoms with van der Waals surface area (Å²) in [6.07, 6.45) is 0. The van der Waals surface area contributed by atoms with E-state index in [9.17, 15) is 19.7 Å². The van der Waals surface area contributed by atoms with Gasteiger partial charge in [-0.15, -0.1) is 0 Å². The first-order chi connectivity index (χ1) is 8.93. The van der Waals surface area contributed by atoms with Crippen LogP contribution in [-0.2, 0) is 4.74 Å². The number of hydrogen-bond acceptors (Lipinski definition) is 6. The molecule has 0 spiro atoms. The van der Waals surface area contributed by atoms with Crippen LogP contribution in [-0.4, -0.2) is 28.0 Å². The average molecular weight is 284 g/mol. The Morgan fingerprint density at radius 3 is 2.79 bits per heavy atom. The van der Waals surface area contributed by atoms with E-state index in [0.29, 0.717) is 0 Å². The standard InChI is InChI=1S/C10H6ClN3O5/c1-19-10(16)8-9(15)13-6-3-7(14(17)18)4(11)2-5(6)12-8/h2-3H,1H3,(H,13,15). The largest absolute Gasteiger partial charge is 0.464 e. The maximum absolute atomic E-state index is 11.6. The minimum Gasteiger partial charge on any atom is -0.464 e. The normalized spacial score (nSPS) is 10.4. The van der Waals surface area contributed by atoms with Crippen LogP contribution < -0.4 is 5.56 Å². The maximum Gasteiger partial charge on any atom is 0.362 e. The van der Waals surface area contributed by atoms with Crippen molar-refractivity contribution in [2.75, 3.05) is 7.11 Å². The second-order valence-corrected chi connectivity index (χ2v) is 3.89. The van der Waals surface area contributed by atoms with Crippen LogP contribution in [0.2, 0.25) is 5.02 Å². The number of aromatic amines is 1. The summed E-state index contributed by atoms with van der Waals surface area (Å²) in [5.41, 5.74) is -1.35. The van der Waals surface area contributed by atoms with Crippen molar-refractivity contribution in [1.29, 1.82) is 0 Å². The molecule has 2 aromatic rings. The Bertz CT molecular complexity index is 755. The van der Waals surface area contributed by atoms with Crippen molar-refractivity contribution in [3.63, 3.8) is 0 Å². The number of nitro benzene ring substituents is 1. The van der Waals surface area contributed by atoms with Crippen molar-refractivity contribution in [1.82, 2.24) is 9.97 Å². The number of hydrogen-bond donors (Lipinski definition) is 1. The van der Waals surface area contributed by atoms with E-state index in [4.69, 9.17) is 11.6 Å². The van der Waals surface area contributed by atoms with Gasteiger partial charge in [0.25, 0.3) is 11.2 Å². The fourth-order valence-corrected chi connectivity index (χ4v) is 1.70. The van der Waals surface area contributed by atoms with Gasteiger partial charge in [0.1, 0.15) is 5.02 Å². The highest BCUT2D eigenvalue weighted by molar-refractivity contribution is 6.33. The van der Waals surface area contributed by atoms with Crippen LogP contribution in [0.1, 0.15) is 10.5 Å². The lowest BCUT2D eigenvalue weighted by Crippen LogP contribution is -2.21. The number of esters is 1. The summed E-state index contributed by atoms with van der Waals surface area (Å²) in [6, 6.07) is 2.27. The van der Waals surface area contributed by atoms with Gasteiger partial charge in [0, 0.05) is 6.07 Å². The molecule has 0 saturated carbocycles. The minimum atomic E-state index is -0.905. The van der Waals surface area contributed by atoms with Crippen molar-refractivity contribution in [3.05, 3.63) is 43.3 Å². The maximum atomic E-state index is 11.6. The van der Waals surface area contributed by atoms with E-state index >= 15 is 0 Å². The van der Waals surface area contributed by atoms with Crippen molar-refractivity contribution < 1.29 is 14.5 Å². The molecule has 1 aromatic carbocycles. The summed E-state index contributed by atoms with van der Waals surface area (Å²) >= 11 is 5.71. The number of carbonyl (C=O) groups is 1. The zero-order valence-electron chi connectivity index (χ0n) is 9.47. The number of benzene rings is 1. The third-order valence-electron chi connectivity index (χ3n) is 2.34. The van der Waals surface area contributed by atoms with E-state index in [2.05, 4.69) is 14.7 Å². The number of fused-ring (bicyclic) bond motifs is 1. The van der Waals surface area contributed by atoms with Gasteiger partial charge in [0.2, 0.25) is 5.69 Å². The topological polar surface area (TPSA) is 115 Å². The van der Waals surface area contributed by atoms with Crippen LogP contribution in [0.15, 0.2) is 16.9 Å². The van der Waals surface area contributed by atoms with Gasteiger partial charge >= 0.3 is 5.97 Å². The number of halogens is 1. The number of aromatic nitrogens is 2. The monoisotopic (exact) mass is 283 g/mol. The summed E-state index contributed by atoms with van der Waals surface area (Å²) in [7, 11) is 1.11. The first-order valence-corrected chi connectivity index (χ1v) is 5.28. The summed E-state index contributed by atoms with van der Waals surface area (Å²) in [5, 5.41) is 10.6. The lowest BCUT2D eigenvalue weighted by molar-refractivity contribution is -0.384. The van der Waals surface area contributed by atoms with Crippen molar-refractivity contribution >= 4 is 34.3 Å². The van der Waals surface area contributed by atoms with E-state index in [1.54, 1.807) is 0 Å². The molecule has 19 heavy (non-hydrogen) atoms. The summed E-state index contributed by atoms with van der Waals surface area (Å²) in [4.78, 5) is 39.0. The molecule has 0 amide bonds. The molecule has 0 atom stereocenters. The van der Waals surface area contributed by atoms with Gasteiger partial charge in [-0.2, -0.15) is 0 Å². The van der Waals surface area contributed by atoms with Gasteiger partial charge in [-0.1, -0.05) is 11.6 Å². The molecule has 0 aliphatic heterocycles. The quantitative estimate of drug-likeness (QED) is 0.504. The number of carbonyl (C=O) groups excluding carboxylic acids is 1. The Balaban J connectivity index is 2.76. The zero-order valence-corrected chi connectivity index (χ0v) is 10.2. The molecule has 0 aliphatic rings. The molecule has 1 heterocycles. The molecule has 0 bridgehead atoms. The van der Waals surface area contributed by atoms with Crippen molar-refractivity contribution in [3.8, 4) is 0 Å². The molecular formula is C10H6ClN3O5. The predicted molar refractivity (Wildman–Crippen MR) is 65.4 cm³/mol. The minimum absolute atomic E-state index is 0.105. The van der Waals surface area contributed by atoms with E-state index in [1.165, 1.54) is 6.07 Å². The number of nitrogens with one attached hydrogen (secondary N) is 1. The highest BCUT2D eigenvalue weighted by atomic mass is 35.5. The van der Waals surface area contributed by atoms with E-state index in [1.807, 2.05) is 0 Å². The van der Waals surface area contributed by atoms with Gasteiger partial charge in [0.15, 0.2) is 0 Å². The van der Waals surface area contributed by atoms with Crippen LogP contribution >= 0.6 is 11.6 Å². The molecule has 0 saturated heterocycles. The number of nitrogens with zero attached hydrogens (tertiary/aromatic N) is 2. The molecule has 9 heteroatoms. The molecule has 2 rings (SSSR count). The predicted octanol–water partition coefficient (Wildman–Crippen LogP) is 1.27. The summed E-state index contributed by atoms with van der Waals surface area (Å²) in [5.74, 6) is -0.905. The van der Waals surface area contributed by atoms with Gasteiger partial charge in [-0.3, -0.25) is 14.9 Å². The summed E-state index contributed by atoms with van der Waals surface area (Å²) in [6.45, 7) is 0. The fourth-order valence-electron chi connectivity index (χ4n) is 1.47. The Kier molecular flexibility index (Phi) is 3.17. The van der Waals surface area contributed by atoms with Gasteiger partial charge in [0.05, 0.1) is 23.1 Å². The second kappa shape index (κ2) is 4.65. The molecule has 0 unspecified atom stereocenters. The summed E-state index contributed by atoms with van der Waals surface area (Å²) < 4.78 is 4.40. The Morgan fingerprint density at radius 1 is 1.53 bits per heavy atom. The number of nitro groups is 1. The Hall–Kier alpha value is -2.48. The number of ether oxygens (including phenoxy) is 1. The lowest BCUT2D eigenvalue weighted by Gasteiger charge is -2.02. The molecular weight excluding hydrogens is 278 g/mol. The van der Waals surface area contributed by atoms with Crippen LogP contribution in [0.3, 0.4) is 0 Å². The SMILES string of the molecule is COC(=O)c1nc2cc(Cl)c([N+](=O)[O-])cc2[nH]c1=O. The van der Waals surface area contributed by atoms with E-state index in [-0.39, 0.29) is 21.7 Å². The highest BCUT2D eigenvalue weighted by Gasteiger charge is 2.18. The van der Waals surface area contributed by atoms with Gasteiger partial charge in [-0.05, 0) is 6.07 Å². The van der Waals surface area contributed by atoms with Crippen LogP contribution in [0.5, 0.6) is 0 Å². The molecule has 0 radical (unpaired) electrons.